The van der Waals surface area contributed by atoms with Crippen molar-refractivity contribution in [1.29, 1.82) is 0 Å². The number of carbonyl (C=O) groups excluding carboxylic acids is 1. The van der Waals surface area contributed by atoms with Gasteiger partial charge in [-0.3, -0.25) is 9.79 Å². The molecule has 6 heteroatoms. The molecule has 0 bridgehead atoms. The predicted octanol–water partition coefficient (Wildman–Crippen LogP) is 1.44. The maximum atomic E-state index is 12.3. The quantitative estimate of drug-likeness (QED) is 0.642. The Balaban J connectivity index is 1.44. The van der Waals surface area contributed by atoms with Gasteiger partial charge < -0.3 is 20.4 Å². The second-order valence-electron chi connectivity index (χ2n) is 6.78. The first-order valence-corrected chi connectivity index (χ1v) is 9.31. The lowest BCUT2D eigenvalue weighted by atomic mass is 10.1. The van der Waals surface area contributed by atoms with E-state index in [0.29, 0.717) is 18.5 Å². The molecule has 1 atom stereocenters. The molecule has 6 nitrogen and oxygen atoms in total. The number of benzene rings is 1. The Labute approximate surface area is 150 Å². The molecule has 2 saturated heterocycles. The summed E-state index contributed by atoms with van der Waals surface area (Å²) in [5.41, 5.74) is 1.26. The van der Waals surface area contributed by atoms with Crippen LogP contribution in [0.3, 0.4) is 0 Å². The van der Waals surface area contributed by atoms with E-state index in [-0.39, 0.29) is 5.91 Å². The van der Waals surface area contributed by atoms with Gasteiger partial charge in [-0.25, -0.2) is 0 Å². The first kappa shape index (κ1) is 17.6. The number of hydrogen-bond donors (Lipinski definition) is 2. The van der Waals surface area contributed by atoms with Gasteiger partial charge in [0.25, 0.3) is 0 Å². The van der Waals surface area contributed by atoms with Gasteiger partial charge >= 0.3 is 0 Å². The molecule has 1 unspecified atom stereocenters. The molecule has 1 aromatic rings. The van der Waals surface area contributed by atoms with Crippen LogP contribution in [-0.4, -0.2) is 62.6 Å². The lowest BCUT2D eigenvalue weighted by molar-refractivity contribution is -0.130. The number of anilines is 1. The molecule has 0 saturated carbocycles. The summed E-state index contributed by atoms with van der Waals surface area (Å²) >= 11 is 0. The molecule has 2 N–H and O–H groups in total. The minimum atomic E-state index is 0.167. The van der Waals surface area contributed by atoms with Gasteiger partial charge in [0.1, 0.15) is 0 Å². The Morgan fingerprint density at radius 1 is 1.16 bits per heavy atom. The summed E-state index contributed by atoms with van der Waals surface area (Å²) in [5.74, 6) is 0.880. The smallest absolute Gasteiger partial charge is 0.241 e. The van der Waals surface area contributed by atoms with E-state index >= 15 is 0 Å². The first-order chi connectivity index (χ1) is 12.3. The van der Waals surface area contributed by atoms with Crippen LogP contribution >= 0.6 is 0 Å². The fourth-order valence-corrected chi connectivity index (χ4v) is 3.55. The van der Waals surface area contributed by atoms with Crippen LogP contribution in [0.25, 0.3) is 0 Å². The SMILES string of the molecule is CN=C(NCC(=O)N1CCCCC1)NC1CCN(c2ccccc2)C1. The first-order valence-electron chi connectivity index (χ1n) is 9.31. The Morgan fingerprint density at radius 3 is 2.64 bits per heavy atom. The maximum absolute atomic E-state index is 12.3. The third-order valence-electron chi connectivity index (χ3n) is 4.99. The third kappa shape index (κ3) is 4.87. The molecule has 0 radical (unpaired) electrons. The van der Waals surface area contributed by atoms with E-state index in [4.69, 9.17) is 0 Å². The van der Waals surface area contributed by atoms with E-state index < -0.39 is 0 Å². The summed E-state index contributed by atoms with van der Waals surface area (Å²) in [5, 5.41) is 6.63. The Kier molecular flexibility index (Phi) is 6.14. The van der Waals surface area contributed by atoms with Crippen LogP contribution in [0, 0.1) is 0 Å². The zero-order valence-corrected chi connectivity index (χ0v) is 15.1. The van der Waals surface area contributed by atoms with Crippen molar-refractivity contribution in [2.75, 3.05) is 44.7 Å². The number of nitrogens with zero attached hydrogens (tertiary/aromatic N) is 3. The van der Waals surface area contributed by atoms with Crippen molar-refractivity contribution >= 4 is 17.6 Å². The largest absolute Gasteiger partial charge is 0.369 e. The normalized spacial score (nSPS) is 21.3. The van der Waals surface area contributed by atoms with Crippen molar-refractivity contribution in [3.63, 3.8) is 0 Å². The van der Waals surface area contributed by atoms with Gasteiger partial charge in [-0.1, -0.05) is 18.2 Å². The minimum Gasteiger partial charge on any atom is -0.369 e. The minimum absolute atomic E-state index is 0.167. The molecule has 1 aromatic carbocycles. The third-order valence-corrected chi connectivity index (χ3v) is 4.99. The van der Waals surface area contributed by atoms with Crippen LogP contribution in [0.4, 0.5) is 5.69 Å². The molecule has 0 aliphatic carbocycles. The van der Waals surface area contributed by atoms with Gasteiger partial charge in [-0.05, 0) is 37.8 Å². The van der Waals surface area contributed by atoms with Crippen molar-refractivity contribution in [2.24, 2.45) is 4.99 Å². The van der Waals surface area contributed by atoms with Crippen molar-refractivity contribution in [1.82, 2.24) is 15.5 Å². The zero-order valence-electron chi connectivity index (χ0n) is 15.1. The van der Waals surface area contributed by atoms with Crippen LogP contribution in [0.5, 0.6) is 0 Å². The highest BCUT2D eigenvalue weighted by molar-refractivity contribution is 5.86. The number of hydrogen-bond acceptors (Lipinski definition) is 3. The summed E-state index contributed by atoms with van der Waals surface area (Å²) in [6.45, 7) is 4.08. The molecule has 2 fully saturated rings. The van der Waals surface area contributed by atoms with Crippen LogP contribution in [0.2, 0.25) is 0 Å². The second-order valence-corrected chi connectivity index (χ2v) is 6.78. The van der Waals surface area contributed by atoms with Crippen molar-refractivity contribution in [3.8, 4) is 0 Å². The summed E-state index contributed by atoms with van der Waals surface area (Å²) in [6.07, 6.45) is 4.54. The number of nitrogens with one attached hydrogen (secondary N) is 2. The number of carbonyl (C=O) groups is 1. The second kappa shape index (κ2) is 8.74. The Morgan fingerprint density at radius 2 is 1.92 bits per heavy atom. The van der Waals surface area contributed by atoms with E-state index in [2.05, 4.69) is 44.8 Å². The predicted molar refractivity (Wildman–Crippen MR) is 102 cm³/mol. The van der Waals surface area contributed by atoms with Crippen LogP contribution in [-0.2, 0) is 4.79 Å². The molecule has 136 valence electrons. The number of guanidine groups is 1. The summed E-state index contributed by atoms with van der Waals surface area (Å²) in [6, 6.07) is 10.8. The number of amides is 1. The van der Waals surface area contributed by atoms with Gasteiger partial charge in [0.2, 0.25) is 5.91 Å². The molecule has 2 aliphatic rings. The van der Waals surface area contributed by atoms with Gasteiger partial charge in [-0.2, -0.15) is 0 Å². The number of likely N-dealkylation sites (tertiary alicyclic amines) is 1. The lowest BCUT2D eigenvalue weighted by Crippen LogP contribution is -2.49. The number of aliphatic imine (C=N–C) groups is 1. The molecule has 1 amide bonds. The lowest BCUT2D eigenvalue weighted by Gasteiger charge is -2.27. The molecule has 0 spiro atoms. The molecular formula is C19H29N5O. The van der Waals surface area contributed by atoms with Crippen molar-refractivity contribution < 1.29 is 4.79 Å². The van der Waals surface area contributed by atoms with Gasteiger partial charge in [0.15, 0.2) is 5.96 Å². The molecule has 3 rings (SSSR count). The standard InChI is InChI=1S/C19H29N5O/c1-20-19(21-14-18(25)23-11-6-3-7-12-23)22-16-10-13-24(15-16)17-8-4-2-5-9-17/h2,4-5,8-9,16H,3,6-7,10-15H2,1H3,(H2,20,21,22). The average molecular weight is 343 g/mol. The van der Waals surface area contributed by atoms with Gasteiger partial charge in [-0.15, -0.1) is 0 Å². The Hall–Kier alpha value is -2.24. The van der Waals surface area contributed by atoms with E-state index in [0.717, 1.165) is 45.4 Å². The Bertz CT molecular complexity index is 583. The monoisotopic (exact) mass is 343 g/mol. The summed E-state index contributed by atoms with van der Waals surface area (Å²) < 4.78 is 0. The molecule has 25 heavy (non-hydrogen) atoms. The highest BCUT2D eigenvalue weighted by Crippen LogP contribution is 2.19. The highest BCUT2D eigenvalue weighted by Gasteiger charge is 2.23. The van der Waals surface area contributed by atoms with E-state index in [1.54, 1.807) is 7.05 Å². The van der Waals surface area contributed by atoms with Crippen LogP contribution in [0.15, 0.2) is 35.3 Å². The summed E-state index contributed by atoms with van der Waals surface area (Å²) in [7, 11) is 1.75. The molecule has 2 heterocycles. The summed E-state index contributed by atoms with van der Waals surface area (Å²) in [4.78, 5) is 20.9. The highest BCUT2D eigenvalue weighted by atomic mass is 16.2. The average Bonchev–Trinajstić information content (AvgIpc) is 3.15. The fraction of sp³-hybridized carbons (Fsp3) is 0.579. The van der Waals surface area contributed by atoms with E-state index in [9.17, 15) is 4.79 Å². The van der Waals surface area contributed by atoms with E-state index in [1.165, 1.54) is 12.1 Å². The maximum Gasteiger partial charge on any atom is 0.241 e. The fourth-order valence-electron chi connectivity index (χ4n) is 3.55. The molecule has 0 aromatic heterocycles. The number of rotatable bonds is 4. The van der Waals surface area contributed by atoms with Crippen molar-refractivity contribution in [3.05, 3.63) is 30.3 Å². The van der Waals surface area contributed by atoms with Gasteiger partial charge in [0.05, 0.1) is 6.54 Å². The number of piperidine rings is 1. The zero-order chi connectivity index (χ0) is 17.5. The molecule has 2 aliphatic heterocycles. The van der Waals surface area contributed by atoms with Gasteiger partial charge in [0, 0.05) is 45.0 Å². The van der Waals surface area contributed by atoms with E-state index in [1.807, 2.05) is 11.0 Å². The van der Waals surface area contributed by atoms with Crippen LogP contribution in [0.1, 0.15) is 25.7 Å². The topological polar surface area (TPSA) is 60.0 Å². The number of para-hydroxylation sites is 1. The van der Waals surface area contributed by atoms with Crippen LogP contribution < -0.4 is 15.5 Å². The molecular weight excluding hydrogens is 314 g/mol. The van der Waals surface area contributed by atoms with Crippen molar-refractivity contribution in [2.45, 2.75) is 31.7 Å².